The molecule has 2 unspecified atom stereocenters. The Morgan fingerprint density at radius 3 is 1.40 bits per heavy atom. The average Bonchev–Trinajstić information content (AvgIpc) is 2.58. The van der Waals surface area contributed by atoms with Gasteiger partial charge in [-0.05, 0) is 67.2 Å². The molecular formula is C21H42O9. The Hall–Kier alpha value is -0.970. The van der Waals surface area contributed by atoms with E-state index >= 15 is 0 Å². The summed E-state index contributed by atoms with van der Waals surface area (Å²) in [5.74, 6) is 0. The van der Waals surface area contributed by atoms with Crippen molar-refractivity contribution in [2.45, 2.75) is 91.0 Å². The SMILES string of the molecule is CC(O)OCCOCCCC(C)(C)OC(=O)OC(C)(C)CCCOCCOC(C)O. The molecule has 0 aromatic heterocycles. The third-order valence-electron chi connectivity index (χ3n) is 4.03. The fourth-order valence-corrected chi connectivity index (χ4v) is 2.53. The first kappa shape index (κ1) is 29.0. The lowest BCUT2D eigenvalue weighted by Gasteiger charge is -2.29. The number of hydrogen-bond acceptors (Lipinski definition) is 9. The summed E-state index contributed by atoms with van der Waals surface area (Å²) in [6.07, 6.45) is 0.411. The third kappa shape index (κ3) is 19.0. The van der Waals surface area contributed by atoms with Crippen molar-refractivity contribution in [2.24, 2.45) is 0 Å². The number of rotatable bonds is 18. The highest BCUT2D eigenvalue weighted by Crippen LogP contribution is 2.22. The Labute approximate surface area is 180 Å². The van der Waals surface area contributed by atoms with Gasteiger partial charge in [-0.1, -0.05) is 0 Å². The monoisotopic (exact) mass is 438 g/mol. The van der Waals surface area contributed by atoms with Crippen LogP contribution in [0.5, 0.6) is 0 Å². The van der Waals surface area contributed by atoms with Crippen LogP contribution in [0.4, 0.5) is 4.79 Å². The molecular weight excluding hydrogens is 396 g/mol. The molecule has 0 aliphatic rings. The largest absolute Gasteiger partial charge is 0.509 e. The number of carbonyl (C=O) groups is 1. The third-order valence-corrected chi connectivity index (χ3v) is 4.03. The van der Waals surface area contributed by atoms with E-state index in [0.29, 0.717) is 65.3 Å². The second-order valence-corrected chi connectivity index (χ2v) is 8.35. The maximum absolute atomic E-state index is 12.2. The maximum Gasteiger partial charge on any atom is 0.509 e. The zero-order valence-electron chi connectivity index (χ0n) is 19.5. The van der Waals surface area contributed by atoms with Gasteiger partial charge in [-0.25, -0.2) is 4.79 Å². The molecule has 0 bridgehead atoms. The predicted octanol–water partition coefficient (Wildman–Crippen LogP) is 3.00. The van der Waals surface area contributed by atoms with Crippen molar-refractivity contribution < 1.29 is 43.4 Å². The fourth-order valence-electron chi connectivity index (χ4n) is 2.53. The van der Waals surface area contributed by atoms with Crippen LogP contribution < -0.4 is 0 Å². The molecule has 2 N–H and O–H groups in total. The molecule has 9 heteroatoms. The zero-order chi connectivity index (χ0) is 23.0. The van der Waals surface area contributed by atoms with Crippen molar-refractivity contribution in [3.63, 3.8) is 0 Å². The summed E-state index contributed by atoms with van der Waals surface area (Å²) in [6, 6.07) is 0. The quantitative estimate of drug-likeness (QED) is 0.189. The second kappa shape index (κ2) is 15.8. The van der Waals surface area contributed by atoms with Crippen LogP contribution in [0, 0.1) is 0 Å². The van der Waals surface area contributed by atoms with Crippen LogP contribution in [0.1, 0.15) is 67.2 Å². The van der Waals surface area contributed by atoms with Gasteiger partial charge in [-0.3, -0.25) is 0 Å². The van der Waals surface area contributed by atoms with Crippen molar-refractivity contribution in [1.82, 2.24) is 0 Å². The Morgan fingerprint density at radius 2 is 1.07 bits per heavy atom. The van der Waals surface area contributed by atoms with Gasteiger partial charge in [0.25, 0.3) is 0 Å². The molecule has 180 valence electrons. The summed E-state index contributed by atoms with van der Waals surface area (Å²) in [6.45, 7) is 12.9. The highest BCUT2D eigenvalue weighted by Gasteiger charge is 2.28. The normalized spacial score (nSPS) is 14.4. The molecule has 0 saturated heterocycles. The van der Waals surface area contributed by atoms with Gasteiger partial charge >= 0.3 is 6.16 Å². The molecule has 2 atom stereocenters. The lowest BCUT2D eigenvalue weighted by molar-refractivity contribution is -0.100. The number of aliphatic hydroxyl groups is 2. The van der Waals surface area contributed by atoms with E-state index in [9.17, 15) is 4.79 Å². The van der Waals surface area contributed by atoms with Crippen LogP contribution >= 0.6 is 0 Å². The van der Waals surface area contributed by atoms with Crippen molar-refractivity contribution in [1.29, 1.82) is 0 Å². The minimum atomic E-state index is -0.792. The van der Waals surface area contributed by atoms with Crippen LogP contribution in [0.2, 0.25) is 0 Å². The molecule has 0 aromatic carbocycles. The van der Waals surface area contributed by atoms with Crippen LogP contribution in [0.15, 0.2) is 0 Å². The van der Waals surface area contributed by atoms with E-state index in [1.807, 2.05) is 27.7 Å². The summed E-state index contributed by atoms with van der Waals surface area (Å²) in [5.41, 5.74) is -1.33. The molecule has 0 aromatic rings. The first-order valence-electron chi connectivity index (χ1n) is 10.6. The van der Waals surface area contributed by atoms with Gasteiger partial charge in [0, 0.05) is 13.2 Å². The number of ether oxygens (including phenoxy) is 6. The van der Waals surface area contributed by atoms with Crippen LogP contribution in [-0.2, 0) is 28.4 Å². The van der Waals surface area contributed by atoms with Crippen LogP contribution in [0.3, 0.4) is 0 Å². The Balaban J connectivity index is 3.91. The van der Waals surface area contributed by atoms with Gasteiger partial charge in [0.2, 0.25) is 0 Å². The van der Waals surface area contributed by atoms with E-state index in [4.69, 9.17) is 38.6 Å². The smallest absolute Gasteiger partial charge is 0.428 e. The van der Waals surface area contributed by atoms with Crippen LogP contribution in [0.25, 0.3) is 0 Å². The van der Waals surface area contributed by atoms with Gasteiger partial charge in [-0.2, -0.15) is 0 Å². The van der Waals surface area contributed by atoms with Crippen molar-refractivity contribution in [3.05, 3.63) is 0 Å². The lowest BCUT2D eigenvalue weighted by atomic mass is 10.0. The molecule has 0 radical (unpaired) electrons. The molecule has 0 spiro atoms. The van der Waals surface area contributed by atoms with Gasteiger partial charge in [0.05, 0.1) is 26.4 Å². The first-order valence-corrected chi connectivity index (χ1v) is 10.6. The van der Waals surface area contributed by atoms with E-state index < -0.39 is 29.9 Å². The van der Waals surface area contributed by atoms with Crippen molar-refractivity contribution in [2.75, 3.05) is 39.6 Å². The number of aliphatic hydroxyl groups excluding tert-OH is 2. The molecule has 9 nitrogen and oxygen atoms in total. The van der Waals surface area contributed by atoms with Crippen molar-refractivity contribution in [3.8, 4) is 0 Å². The lowest BCUT2D eigenvalue weighted by Crippen LogP contribution is -2.34. The second-order valence-electron chi connectivity index (χ2n) is 8.35. The minimum Gasteiger partial charge on any atom is -0.428 e. The molecule has 30 heavy (non-hydrogen) atoms. The summed E-state index contributed by atoms with van der Waals surface area (Å²) >= 11 is 0. The minimum absolute atomic E-state index is 0.333. The maximum atomic E-state index is 12.2. The molecule has 0 amide bonds. The Kier molecular flexibility index (Phi) is 15.3. The molecule has 0 heterocycles. The van der Waals surface area contributed by atoms with Crippen molar-refractivity contribution >= 4 is 6.16 Å². The summed E-state index contributed by atoms with van der Waals surface area (Å²) < 4.78 is 31.7. The predicted molar refractivity (Wildman–Crippen MR) is 111 cm³/mol. The van der Waals surface area contributed by atoms with Gasteiger partial charge in [-0.15, -0.1) is 0 Å². The molecule has 0 rings (SSSR count). The first-order chi connectivity index (χ1) is 13.9. The molecule has 0 aliphatic heterocycles. The average molecular weight is 439 g/mol. The van der Waals surface area contributed by atoms with E-state index in [0.717, 1.165) is 0 Å². The Bertz CT molecular complexity index is 398. The van der Waals surface area contributed by atoms with E-state index in [-0.39, 0.29) is 0 Å². The topological polar surface area (TPSA) is 113 Å². The highest BCUT2D eigenvalue weighted by molar-refractivity contribution is 5.61. The van der Waals surface area contributed by atoms with Gasteiger partial charge in [0.15, 0.2) is 12.6 Å². The fraction of sp³-hybridized carbons (Fsp3) is 0.952. The van der Waals surface area contributed by atoms with E-state index in [2.05, 4.69) is 0 Å². The Morgan fingerprint density at radius 1 is 0.700 bits per heavy atom. The highest BCUT2D eigenvalue weighted by atomic mass is 16.7. The number of carbonyl (C=O) groups excluding carboxylic acids is 1. The van der Waals surface area contributed by atoms with E-state index in [1.165, 1.54) is 0 Å². The molecule has 0 aliphatic carbocycles. The standard InChI is InChI=1S/C21H42O9/c1-17(22)27-15-13-25-11-7-9-20(3,4)29-19(24)30-21(5,6)10-8-12-26-14-16-28-18(2)23/h17-18,22-23H,7-16H2,1-6H3. The number of hydrogen-bond donors (Lipinski definition) is 2. The van der Waals surface area contributed by atoms with Crippen LogP contribution in [-0.4, -0.2) is 79.8 Å². The molecule has 0 saturated carbocycles. The zero-order valence-corrected chi connectivity index (χ0v) is 19.5. The van der Waals surface area contributed by atoms with Gasteiger partial charge in [0.1, 0.15) is 11.2 Å². The summed E-state index contributed by atoms with van der Waals surface area (Å²) in [7, 11) is 0. The molecule has 0 fully saturated rings. The van der Waals surface area contributed by atoms with E-state index in [1.54, 1.807) is 13.8 Å². The van der Waals surface area contributed by atoms with Gasteiger partial charge < -0.3 is 38.6 Å². The summed E-state index contributed by atoms with van der Waals surface area (Å²) in [5, 5.41) is 18.0. The summed E-state index contributed by atoms with van der Waals surface area (Å²) in [4.78, 5) is 12.2.